The lowest BCUT2D eigenvalue weighted by atomic mass is 10.3. The first kappa shape index (κ1) is 26.4. The Balaban J connectivity index is 2.55. The highest BCUT2D eigenvalue weighted by molar-refractivity contribution is 6.50. The first-order valence-electron chi connectivity index (χ1n) is 9.25. The van der Waals surface area contributed by atoms with E-state index < -0.39 is 0 Å². The zero-order valence-corrected chi connectivity index (χ0v) is 19.4. The van der Waals surface area contributed by atoms with Gasteiger partial charge in [0.2, 0.25) is 11.8 Å². The summed E-state index contributed by atoms with van der Waals surface area (Å²) in [6.45, 7) is 8.39. The maximum Gasteiger partial charge on any atom is 0.243 e. The highest BCUT2D eigenvalue weighted by atomic mass is 35.5. The smallest absolute Gasteiger partial charge is 0.243 e. The molecule has 0 atom stereocenters. The van der Waals surface area contributed by atoms with Crippen molar-refractivity contribution in [2.75, 3.05) is 26.3 Å². The fraction of sp³-hybridized carbons (Fsp3) is 0.400. The van der Waals surface area contributed by atoms with Crippen LogP contribution in [-0.4, -0.2) is 38.1 Å². The van der Waals surface area contributed by atoms with Gasteiger partial charge >= 0.3 is 0 Å². The SMILES string of the molecule is C=CC(=O)NCCCCOc1c(Cl)c(Cl)c(OCCCCNC(=O)C=C)c(Cl)c1Cl. The largest absolute Gasteiger partial charge is 0.490 e. The van der Waals surface area contributed by atoms with Gasteiger partial charge in [-0.25, -0.2) is 0 Å². The van der Waals surface area contributed by atoms with Gasteiger partial charge < -0.3 is 20.1 Å². The number of nitrogens with one attached hydrogen (secondary N) is 2. The van der Waals surface area contributed by atoms with Crippen molar-refractivity contribution in [1.29, 1.82) is 0 Å². The minimum absolute atomic E-state index is 0.110. The van der Waals surface area contributed by atoms with Gasteiger partial charge in [0.05, 0.1) is 13.2 Å². The Labute approximate surface area is 196 Å². The van der Waals surface area contributed by atoms with E-state index in [1.165, 1.54) is 12.2 Å². The highest BCUT2D eigenvalue weighted by Gasteiger charge is 2.22. The van der Waals surface area contributed by atoms with E-state index in [0.29, 0.717) is 52.0 Å². The molecule has 1 aromatic rings. The molecule has 10 heteroatoms. The van der Waals surface area contributed by atoms with Crippen LogP contribution < -0.4 is 20.1 Å². The normalized spacial score (nSPS) is 10.3. The molecule has 0 bridgehead atoms. The van der Waals surface area contributed by atoms with Crippen molar-refractivity contribution in [3.63, 3.8) is 0 Å². The van der Waals surface area contributed by atoms with Gasteiger partial charge in [-0.3, -0.25) is 9.59 Å². The molecular weight excluding hydrogens is 474 g/mol. The van der Waals surface area contributed by atoms with Gasteiger partial charge in [-0.15, -0.1) is 0 Å². The van der Waals surface area contributed by atoms with Crippen LogP contribution >= 0.6 is 46.4 Å². The van der Waals surface area contributed by atoms with Gasteiger partial charge in [-0.1, -0.05) is 59.6 Å². The van der Waals surface area contributed by atoms with Gasteiger partial charge in [-0.05, 0) is 37.8 Å². The number of unbranched alkanes of at least 4 members (excludes halogenated alkanes) is 2. The van der Waals surface area contributed by atoms with Crippen molar-refractivity contribution in [3.8, 4) is 11.5 Å². The van der Waals surface area contributed by atoms with E-state index in [-0.39, 0.29) is 43.4 Å². The third-order valence-electron chi connectivity index (χ3n) is 3.79. The molecule has 0 saturated carbocycles. The Hall–Kier alpha value is -1.60. The molecule has 0 aliphatic rings. The summed E-state index contributed by atoms with van der Waals surface area (Å²) < 4.78 is 11.3. The summed E-state index contributed by atoms with van der Waals surface area (Å²) in [5, 5.41) is 5.79. The molecule has 30 heavy (non-hydrogen) atoms. The summed E-state index contributed by atoms with van der Waals surface area (Å²) in [6.07, 6.45) is 5.13. The second-order valence-electron chi connectivity index (χ2n) is 6.02. The van der Waals surface area contributed by atoms with Crippen LogP contribution in [0.3, 0.4) is 0 Å². The Morgan fingerprint density at radius 3 is 1.33 bits per heavy atom. The summed E-state index contributed by atoms with van der Waals surface area (Å²) in [5.41, 5.74) is 0. The van der Waals surface area contributed by atoms with E-state index in [9.17, 15) is 9.59 Å². The first-order chi connectivity index (χ1) is 14.3. The molecule has 166 valence electrons. The average Bonchev–Trinajstić information content (AvgIpc) is 2.75. The molecule has 0 aliphatic carbocycles. The maximum atomic E-state index is 11.1. The minimum atomic E-state index is -0.224. The minimum Gasteiger partial charge on any atom is -0.490 e. The van der Waals surface area contributed by atoms with Gasteiger partial charge in [0.15, 0.2) is 11.5 Å². The van der Waals surface area contributed by atoms with Crippen molar-refractivity contribution in [3.05, 3.63) is 45.4 Å². The molecule has 2 N–H and O–H groups in total. The zero-order valence-electron chi connectivity index (χ0n) is 16.4. The quantitative estimate of drug-likeness (QED) is 0.210. The number of amides is 2. The Kier molecular flexibility index (Phi) is 12.7. The van der Waals surface area contributed by atoms with Crippen LogP contribution in [0.2, 0.25) is 20.1 Å². The van der Waals surface area contributed by atoms with Crippen LogP contribution in [0.1, 0.15) is 25.7 Å². The average molecular weight is 498 g/mol. The fourth-order valence-corrected chi connectivity index (χ4v) is 3.25. The third-order valence-corrected chi connectivity index (χ3v) is 5.42. The molecule has 0 aromatic heterocycles. The first-order valence-corrected chi connectivity index (χ1v) is 10.8. The number of halogens is 4. The van der Waals surface area contributed by atoms with Gasteiger partial charge in [0.1, 0.15) is 20.1 Å². The van der Waals surface area contributed by atoms with Crippen molar-refractivity contribution in [2.45, 2.75) is 25.7 Å². The maximum absolute atomic E-state index is 11.1. The van der Waals surface area contributed by atoms with Crippen LogP contribution in [0, 0.1) is 0 Å². The van der Waals surface area contributed by atoms with Gasteiger partial charge in [-0.2, -0.15) is 0 Å². The molecule has 0 saturated heterocycles. The number of benzene rings is 1. The fourth-order valence-electron chi connectivity index (χ4n) is 2.21. The molecule has 0 unspecified atom stereocenters. The zero-order chi connectivity index (χ0) is 22.5. The molecule has 6 nitrogen and oxygen atoms in total. The molecule has 0 radical (unpaired) electrons. The van der Waals surface area contributed by atoms with Gasteiger partial charge in [0.25, 0.3) is 0 Å². The van der Waals surface area contributed by atoms with E-state index in [1.54, 1.807) is 0 Å². The summed E-state index contributed by atoms with van der Waals surface area (Å²) >= 11 is 25.1. The Morgan fingerprint density at radius 2 is 1.03 bits per heavy atom. The van der Waals surface area contributed by atoms with Crippen LogP contribution in [0.4, 0.5) is 0 Å². The molecule has 0 aliphatic heterocycles. The Morgan fingerprint density at radius 1 is 0.700 bits per heavy atom. The van der Waals surface area contributed by atoms with Gasteiger partial charge in [0, 0.05) is 13.1 Å². The van der Waals surface area contributed by atoms with Crippen molar-refractivity contribution < 1.29 is 19.1 Å². The summed E-state index contributed by atoms with van der Waals surface area (Å²) in [4.78, 5) is 22.1. The van der Waals surface area contributed by atoms with Crippen molar-refractivity contribution >= 4 is 58.2 Å². The summed E-state index contributed by atoms with van der Waals surface area (Å²) in [7, 11) is 0. The lowest BCUT2D eigenvalue weighted by molar-refractivity contribution is -0.117. The van der Waals surface area contributed by atoms with Crippen LogP contribution in [0.15, 0.2) is 25.3 Å². The topological polar surface area (TPSA) is 76.7 Å². The number of rotatable bonds is 14. The molecule has 0 fully saturated rings. The second-order valence-corrected chi connectivity index (χ2v) is 7.53. The van der Waals surface area contributed by atoms with Crippen LogP contribution in [-0.2, 0) is 9.59 Å². The molecule has 1 aromatic carbocycles. The number of carbonyl (C=O) groups is 2. The Bertz CT molecular complexity index is 680. The molecule has 0 heterocycles. The molecular formula is C20H24Cl4N2O4. The monoisotopic (exact) mass is 496 g/mol. The lowest BCUT2D eigenvalue weighted by Gasteiger charge is -2.17. The van der Waals surface area contributed by atoms with Crippen molar-refractivity contribution in [2.24, 2.45) is 0 Å². The van der Waals surface area contributed by atoms with E-state index in [0.717, 1.165) is 0 Å². The predicted octanol–water partition coefficient (Wildman–Crippen LogP) is 5.22. The van der Waals surface area contributed by atoms with E-state index in [2.05, 4.69) is 23.8 Å². The van der Waals surface area contributed by atoms with Crippen LogP contribution in [0.5, 0.6) is 11.5 Å². The van der Waals surface area contributed by atoms with Crippen LogP contribution in [0.25, 0.3) is 0 Å². The number of ether oxygens (including phenoxy) is 2. The number of hydrogen-bond donors (Lipinski definition) is 2. The predicted molar refractivity (Wildman–Crippen MR) is 122 cm³/mol. The van der Waals surface area contributed by atoms with Crippen molar-refractivity contribution in [1.82, 2.24) is 10.6 Å². The standard InChI is InChI=1S/C20H24Cl4N2O4/c1-3-13(27)25-9-5-7-11-29-19-15(21)17(23)20(18(24)16(19)22)30-12-8-6-10-26-14(28)4-2/h3-4H,1-2,5-12H2,(H,25,27)(H,26,28). The van der Waals surface area contributed by atoms with E-state index in [1.807, 2.05) is 0 Å². The second kappa shape index (κ2) is 14.4. The third kappa shape index (κ3) is 8.64. The number of carbonyl (C=O) groups excluding carboxylic acids is 2. The highest BCUT2D eigenvalue weighted by Crippen LogP contribution is 2.50. The summed E-state index contributed by atoms with van der Waals surface area (Å²) in [6, 6.07) is 0. The molecule has 2 amide bonds. The molecule has 1 rings (SSSR count). The van der Waals surface area contributed by atoms with E-state index in [4.69, 9.17) is 55.9 Å². The summed E-state index contributed by atoms with van der Waals surface area (Å²) in [5.74, 6) is -0.0822. The lowest BCUT2D eigenvalue weighted by Crippen LogP contribution is -2.22. The molecule has 0 spiro atoms. The number of hydrogen-bond acceptors (Lipinski definition) is 4. The van der Waals surface area contributed by atoms with E-state index >= 15 is 0 Å².